The van der Waals surface area contributed by atoms with Gasteiger partial charge in [0.05, 0.1) is 10.9 Å². The predicted molar refractivity (Wildman–Crippen MR) is 141 cm³/mol. The van der Waals surface area contributed by atoms with E-state index in [4.69, 9.17) is 31.0 Å². The molecule has 2 saturated carbocycles. The molecule has 2 aromatic carbocycles. The molecule has 2 radical (unpaired) electrons. The third-order valence-electron chi connectivity index (χ3n) is 7.60. The molecule has 1 amide bonds. The summed E-state index contributed by atoms with van der Waals surface area (Å²) in [4.78, 5) is 17.3. The van der Waals surface area contributed by atoms with E-state index in [1.165, 1.54) is 0 Å². The second-order valence-corrected chi connectivity index (χ2v) is 11.0. The second kappa shape index (κ2) is 9.70. The first kappa shape index (κ1) is 26.2. The Kier molecular flexibility index (Phi) is 6.86. The molecule has 2 aliphatic rings. The van der Waals surface area contributed by atoms with E-state index in [0.29, 0.717) is 47.5 Å². The number of hydrogen-bond acceptors (Lipinski definition) is 3. The number of amides is 1. The maximum Gasteiger partial charge on any atom is 0.433 e. The first-order valence-corrected chi connectivity index (χ1v) is 13.1. The Morgan fingerprint density at radius 2 is 1.81 bits per heavy atom. The number of pyridine rings is 1. The van der Waals surface area contributed by atoms with Crippen molar-refractivity contribution >= 4 is 53.5 Å². The maximum absolute atomic E-state index is 13.6. The smallest absolute Gasteiger partial charge is 0.387 e. The van der Waals surface area contributed by atoms with E-state index in [1.807, 2.05) is 6.07 Å². The summed E-state index contributed by atoms with van der Waals surface area (Å²) in [5.74, 6) is -0.106. The molecule has 37 heavy (non-hydrogen) atoms. The standard InChI is InChI=1S/C27H25BCl2F3N3O/c28-26(36-22-14-23(27(31,32)33)35-21-7-2-1-6-18(21)22)12-3-5-17(15-26)34-24(37)25(10-4-11-25)19-9-8-16(29)13-20(19)30/h1-2,6-9,13-14,17H,3-5,10-12,15H2,(H,34,37)(H,35,36)/t17-,26-/m1/s1. The van der Waals surface area contributed by atoms with Gasteiger partial charge < -0.3 is 10.6 Å². The highest BCUT2D eigenvalue weighted by atomic mass is 35.5. The van der Waals surface area contributed by atoms with Crippen LogP contribution in [0.25, 0.3) is 10.9 Å². The lowest BCUT2D eigenvalue weighted by atomic mass is 9.62. The molecular formula is C27H25BCl2F3N3O. The Morgan fingerprint density at radius 1 is 1.05 bits per heavy atom. The summed E-state index contributed by atoms with van der Waals surface area (Å²) in [5, 5.41) is 7.88. The monoisotopic (exact) mass is 545 g/mol. The molecular weight excluding hydrogens is 521 g/mol. The van der Waals surface area contributed by atoms with Crippen LogP contribution in [0.15, 0.2) is 48.5 Å². The zero-order valence-electron chi connectivity index (χ0n) is 20.0. The molecule has 2 aliphatic carbocycles. The van der Waals surface area contributed by atoms with Crippen molar-refractivity contribution < 1.29 is 18.0 Å². The third-order valence-corrected chi connectivity index (χ3v) is 8.15. The van der Waals surface area contributed by atoms with E-state index >= 15 is 0 Å². The summed E-state index contributed by atoms with van der Waals surface area (Å²) in [5.41, 5.74) is -1.43. The Labute approximate surface area is 224 Å². The molecule has 5 rings (SSSR count). The van der Waals surface area contributed by atoms with Gasteiger partial charge in [0.25, 0.3) is 0 Å². The van der Waals surface area contributed by atoms with Crippen LogP contribution in [0.2, 0.25) is 10.0 Å². The van der Waals surface area contributed by atoms with Crippen molar-refractivity contribution in [3.8, 4) is 0 Å². The van der Waals surface area contributed by atoms with Crippen LogP contribution < -0.4 is 10.6 Å². The molecule has 0 bridgehead atoms. The Bertz CT molecular complexity index is 1350. The van der Waals surface area contributed by atoms with E-state index in [9.17, 15) is 18.0 Å². The Morgan fingerprint density at radius 3 is 2.49 bits per heavy atom. The van der Waals surface area contributed by atoms with Gasteiger partial charge in [-0.2, -0.15) is 13.2 Å². The molecule has 0 spiro atoms. The topological polar surface area (TPSA) is 54.0 Å². The van der Waals surface area contributed by atoms with Crippen molar-refractivity contribution in [2.75, 3.05) is 5.32 Å². The van der Waals surface area contributed by atoms with Crippen LogP contribution in [0.1, 0.15) is 56.2 Å². The number of hydrogen-bond donors (Lipinski definition) is 2. The number of nitrogens with zero attached hydrogens (tertiary/aromatic N) is 1. The summed E-state index contributed by atoms with van der Waals surface area (Å²) in [6.07, 6.45) is 0.0262. The quantitative estimate of drug-likeness (QED) is 0.339. The largest absolute Gasteiger partial charge is 0.433 e. The Hall–Kier alpha value is -2.45. The van der Waals surface area contributed by atoms with E-state index in [-0.39, 0.29) is 23.2 Å². The van der Waals surface area contributed by atoms with E-state index in [0.717, 1.165) is 24.5 Å². The lowest BCUT2D eigenvalue weighted by Gasteiger charge is -2.45. The van der Waals surface area contributed by atoms with Crippen LogP contribution >= 0.6 is 23.2 Å². The van der Waals surface area contributed by atoms with Gasteiger partial charge in [-0.05, 0) is 73.8 Å². The Balaban J connectivity index is 1.37. The second-order valence-electron chi connectivity index (χ2n) is 10.2. The summed E-state index contributed by atoms with van der Waals surface area (Å²) < 4.78 is 40.6. The number of fused-ring (bicyclic) bond motifs is 1. The molecule has 0 unspecified atom stereocenters. The first-order chi connectivity index (χ1) is 17.5. The highest BCUT2D eigenvalue weighted by Gasteiger charge is 2.48. The molecule has 2 atom stereocenters. The lowest BCUT2D eigenvalue weighted by molar-refractivity contribution is -0.141. The van der Waals surface area contributed by atoms with Gasteiger partial charge in [0.15, 0.2) is 0 Å². The van der Waals surface area contributed by atoms with Gasteiger partial charge >= 0.3 is 6.18 Å². The van der Waals surface area contributed by atoms with Gasteiger partial charge in [0, 0.05) is 27.2 Å². The number of carbonyl (C=O) groups excluding carboxylic acids is 1. The molecule has 2 fully saturated rings. The number of halogens is 5. The van der Waals surface area contributed by atoms with Crippen LogP contribution in [-0.2, 0) is 16.4 Å². The third kappa shape index (κ3) is 5.15. The fourth-order valence-corrected chi connectivity index (χ4v) is 6.18. The molecule has 2 N–H and O–H groups in total. The van der Waals surface area contributed by atoms with E-state index in [2.05, 4.69) is 15.6 Å². The maximum atomic E-state index is 13.6. The molecule has 0 aliphatic heterocycles. The van der Waals surface area contributed by atoms with Crippen molar-refractivity contribution in [1.29, 1.82) is 0 Å². The van der Waals surface area contributed by atoms with Gasteiger partial charge in [-0.15, -0.1) is 0 Å². The van der Waals surface area contributed by atoms with Crippen molar-refractivity contribution in [2.24, 2.45) is 0 Å². The van der Waals surface area contributed by atoms with Crippen molar-refractivity contribution in [3.63, 3.8) is 0 Å². The summed E-state index contributed by atoms with van der Waals surface area (Å²) >= 11 is 12.5. The lowest BCUT2D eigenvalue weighted by Crippen LogP contribution is -2.56. The number of aromatic nitrogens is 1. The highest BCUT2D eigenvalue weighted by molar-refractivity contribution is 6.35. The van der Waals surface area contributed by atoms with Crippen molar-refractivity contribution in [1.82, 2.24) is 10.3 Å². The number of carbonyl (C=O) groups is 1. The fourth-order valence-electron chi connectivity index (χ4n) is 5.59. The molecule has 3 aromatic rings. The first-order valence-electron chi connectivity index (χ1n) is 12.3. The van der Waals surface area contributed by atoms with Crippen LogP contribution in [0, 0.1) is 0 Å². The molecule has 192 valence electrons. The minimum atomic E-state index is -4.59. The number of alkyl halides is 3. The van der Waals surface area contributed by atoms with Crippen molar-refractivity contribution in [3.05, 3.63) is 69.8 Å². The minimum Gasteiger partial charge on any atom is -0.387 e. The van der Waals surface area contributed by atoms with Gasteiger partial charge in [0.2, 0.25) is 5.91 Å². The average molecular weight is 546 g/mol. The number of benzene rings is 2. The molecule has 0 saturated heterocycles. The summed E-state index contributed by atoms with van der Waals surface area (Å²) in [7, 11) is 6.71. The molecule has 1 heterocycles. The summed E-state index contributed by atoms with van der Waals surface area (Å²) in [6.45, 7) is 0. The summed E-state index contributed by atoms with van der Waals surface area (Å²) in [6, 6.07) is 12.6. The predicted octanol–water partition coefficient (Wildman–Crippen LogP) is 7.02. The van der Waals surface area contributed by atoms with Gasteiger partial charge in [-0.25, -0.2) is 4.98 Å². The van der Waals surface area contributed by atoms with Crippen LogP contribution in [0.3, 0.4) is 0 Å². The number of rotatable bonds is 5. The van der Waals surface area contributed by atoms with E-state index < -0.39 is 22.7 Å². The van der Waals surface area contributed by atoms with Crippen LogP contribution in [-0.4, -0.2) is 30.2 Å². The minimum absolute atomic E-state index is 0.106. The SMILES string of the molecule is [B][C@@]1(Nc2cc(C(F)(F)F)nc3ccccc23)CCC[C@@H](NC(=O)C2(c3ccc(Cl)cc3Cl)CCC2)C1. The zero-order valence-corrected chi connectivity index (χ0v) is 21.5. The number of para-hydroxylation sites is 1. The average Bonchev–Trinajstić information content (AvgIpc) is 2.79. The molecule has 4 nitrogen and oxygen atoms in total. The number of nitrogens with one attached hydrogen (secondary N) is 2. The van der Waals surface area contributed by atoms with Crippen molar-refractivity contribution in [2.45, 2.75) is 68.0 Å². The zero-order chi connectivity index (χ0) is 26.4. The number of anilines is 1. The van der Waals surface area contributed by atoms with Crippen LogP contribution in [0.4, 0.5) is 18.9 Å². The van der Waals surface area contributed by atoms with Crippen LogP contribution in [0.5, 0.6) is 0 Å². The van der Waals surface area contributed by atoms with Gasteiger partial charge in [-0.1, -0.05) is 53.9 Å². The highest BCUT2D eigenvalue weighted by Crippen LogP contribution is 2.47. The van der Waals surface area contributed by atoms with Gasteiger partial charge in [-0.3, -0.25) is 4.79 Å². The van der Waals surface area contributed by atoms with Gasteiger partial charge in [0.1, 0.15) is 13.5 Å². The fraction of sp³-hybridized carbons (Fsp3) is 0.407. The molecule has 10 heteroatoms. The van der Waals surface area contributed by atoms with E-state index in [1.54, 1.807) is 36.4 Å². The molecule has 1 aromatic heterocycles. The normalized spacial score (nSPS) is 23.3.